The quantitative estimate of drug-likeness (QED) is 0.818. The normalized spacial score (nSPS) is 24.9. The number of carbonyl (C=O) groups excluding carboxylic acids is 2. The highest BCUT2D eigenvalue weighted by Crippen LogP contribution is 2.47. The van der Waals surface area contributed by atoms with Gasteiger partial charge in [0, 0.05) is 25.3 Å². The lowest BCUT2D eigenvalue weighted by molar-refractivity contribution is -0.121. The molecule has 0 bridgehead atoms. The first-order valence-electron chi connectivity index (χ1n) is 8.66. The van der Waals surface area contributed by atoms with Gasteiger partial charge in [0.25, 0.3) is 5.91 Å². The Morgan fingerprint density at radius 2 is 2.21 bits per heavy atom. The summed E-state index contributed by atoms with van der Waals surface area (Å²) in [6.45, 7) is 6.22. The molecule has 1 saturated carbocycles. The van der Waals surface area contributed by atoms with E-state index in [0.29, 0.717) is 30.6 Å². The standard InChI is InChI=1S/C17H26N4O2S/c1-4-13-7-14(20-19-13)15(22)21-9-11(2)12(10-21)8-18-16(23)17(24-3)5-6-17/h7,11-12H,4-6,8-10H2,1-3H3,(H,18,23)(H,19,20). The van der Waals surface area contributed by atoms with Gasteiger partial charge in [-0.15, -0.1) is 11.8 Å². The van der Waals surface area contributed by atoms with Crippen molar-refractivity contribution in [1.82, 2.24) is 20.4 Å². The minimum atomic E-state index is -0.178. The molecule has 2 aliphatic rings. The number of likely N-dealkylation sites (tertiary alicyclic amines) is 1. The highest BCUT2D eigenvalue weighted by molar-refractivity contribution is 8.01. The van der Waals surface area contributed by atoms with E-state index in [4.69, 9.17) is 0 Å². The molecule has 2 unspecified atom stereocenters. The van der Waals surface area contributed by atoms with Crippen LogP contribution in [0.2, 0.25) is 0 Å². The smallest absolute Gasteiger partial charge is 0.274 e. The van der Waals surface area contributed by atoms with E-state index in [2.05, 4.69) is 22.4 Å². The van der Waals surface area contributed by atoms with Gasteiger partial charge >= 0.3 is 0 Å². The molecule has 0 spiro atoms. The van der Waals surface area contributed by atoms with Gasteiger partial charge in [-0.3, -0.25) is 14.7 Å². The predicted octanol–water partition coefficient (Wildman–Crippen LogP) is 1.69. The molecule has 2 atom stereocenters. The lowest BCUT2D eigenvalue weighted by atomic mass is 9.98. The van der Waals surface area contributed by atoms with Crippen molar-refractivity contribution in [2.45, 2.75) is 37.9 Å². The molecule has 2 fully saturated rings. The molecule has 0 aromatic carbocycles. The number of hydrogen-bond acceptors (Lipinski definition) is 4. The monoisotopic (exact) mass is 350 g/mol. The molecule has 0 radical (unpaired) electrons. The van der Waals surface area contributed by atoms with E-state index >= 15 is 0 Å². The fourth-order valence-corrected chi connectivity index (χ4v) is 4.07. The maximum absolute atomic E-state index is 12.6. The minimum Gasteiger partial charge on any atom is -0.355 e. The Bertz CT molecular complexity index is 626. The molecule has 7 heteroatoms. The second-order valence-corrected chi connectivity index (χ2v) is 8.18. The Balaban J connectivity index is 1.54. The van der Waals surface area contributed by atoms with Crippen LogP contribution in [0, 0.1) is 11.8 Å². The summed E-state index contributed by atoms with van der Waals surface area (Å²) in [5.41, 5.74) is 1.46. The first-order chi connectivity index (χ1) is 11.5. The summed E-state index contributed by atoms with van der Waals surface area (Å²) >= 11 is 1.65. The van der Waals surface area contributed by atoms with Gasteiger partial charge in [-0.25, -0.2) is 0 Å². The number of rotatable bonds is 6. The fraction of sp³-hybridized carbons (Fsp3) is 0.706. The van der Waals surface area contributed by atoms with Gasteiger partial charge < -0.3 is 10.2 Å². The van der Waals surface area contributed by atoms with Gasteiger partial charge in [-0.05, 0) is 43.4 Å². The van der Waals surface area contributed by atoms with Crippen LogP contribution in [0.3, 0.4) is 0 Å². The fourth-order valence-electron chi connectivity index (χ4n) is 3.30. The lowest BCUT2D eigenvalue weighted by Gasteiger charge is -2.18. The topological polar surface area (TPSA) is 78.1 Å². The van der Waals surface area contributed by atoms with Crippen LogP contribution in [0.4, 0.5) is 0 Å². The van der Waals surface area contributed by atoms with Gasteiger partial charge in [0.2, 0.25) is 5.91 Å². The molecule has 2 heterocycles. The number of nitrogens with one attached hydrogen (secondary N) is 2. The second-order valence-electron chi connectivity index (χ2n) is 6.99. The number of H-pyrrole nitrogens is 1. The molecule has 24 heavy (non-hydrogen) atoms. The molecule has 132 valence electrons. The van der Waals surface area contributed by atoms with Crippen molar-refractivity contribution in [3.63, 3.8) is 0 Å². The first kappa shape index (κ1) is 17.3. The minimum absolute atomic E-state index is 0.0191. The van der Waals surface area contributed by atoms with Crippen LogP contribution in [0.5, 0.6) is 0 Å². The molecule has 1 saturated heterocycles. The maximum atomic E-state index is 12.6. The van der Waals surface area contributed by atoms with Gasteiger partial charge in [-0.2, -0.15) is 5.10 Å². The largest absolute Gasteiger partial charge is 0.355 e. The van der Waals surface area contributed by atoms with E-state index in [1.54, 1.807) is 11.8 Å². The van der Waals surface area contributed by atoms with E-state index in [1.807, 2.05) is 24.1 Å². The summed E-state index contributed by atoms with van der Waals surface area (Å²) in [4.78, 5) is 26.7. The summed E-state index contributed by atoms with van der Waals surface area (Å²) in [5, 5.41) is 10.1. The van der Waals surface area contributed by atoms with Gasteiger partial charge in [-0.1, -0.05) is 13.8 Å². The molecule has 2 amide bonds. The van der Waals surface area contributed by atoms with Gasteiger partial charge in [0.15, 0.2) is 0 Å². The molecule has 1 aromatic heterocycles. The van der Waals surface area contributed by atoms with Crippen LogP contribution in [0.1, 0.15) is 42.9 Å². The number of carbonyl (C=O) groups is 2. The van der Waals surface area contributed by atoms with Gasteiger partial charge in [0.05, 0.1) is 4.75 Å². The Hall–Kier alpha value is -1.50. The average molecular weight is 350 g/mol. The van der Waals surface area contributed by atoms with Crippen molar-refractivity contribution >= 4 is 23.6 Å². The van der Waals surface area contributed by atoms with E-state index in [0.717, 1.165) is 31.5 Å². The highest BCUT2D eigenvalue weighted by Gasteiger charge is 2.49. The van der Waals surface area contributed by atoms with E-state index in [1.165, 1.54) is 0 Å². The van der Waals surface area contributed by atoms with Crippen LogP contribution >= 0.6 is 11.8 Å². The Labute approximate surface area is 147 Å². The van der Waals surface area contributed by atoms with Crippen LogP contribution in [-0.4, -0.2) is 57.5 Å². The van der Waals surface area contributed by atoms with E-state index < -0.39 is 0 Å². The summed E-state index contributed by atoms with van der Waals surface area (Å²) in [6.07, 6.45) is 4.79. The molecule has 1 aliphatic carbocycles. The van der Waals surface area contributed by atoms with Crippen molar-refractivity contribution < 1.29 is 9.59 Å². The van der Waals surface area contributed by atoms with Crippen molar-refractivity contribution in [2.75, 3.05) is 25.9 Å². The summed E-state index contributed by atoms with van der Waals surface area (Å²) in [7, 11) is 0. The first-order valence-corrected chi connectivity index (χ1v) is 9.88. The van der Waals surface area contributed by atoms with Crippen LogP contribution in [0.25, 0.3) is 0 Å². The number of aryl methyl sites for hydroxylation is 1. The zero-order valence-electron chi connectivity index (χ0n) is 14.6. The molecule has 1 aromatic rings. The maximum Gasteiger partial charge on any atom is 0.274 e. The third-order valence-corrected chi connectivity index (χ3v) is 6.69. The Morgan fingerprint density at radius 3 is 2.79 bits per heavy atom. The lowest BCUT2D eigenvalue weighted by Crippen LogP contribution is -2.39. The zero-order valence-corrected chi connectivity index (χ0v) is 15.4. The average Bonchev–Trinajstić information content (AvgIpc) is 3.09. The molecule has 6 nitrogen and oxygen atoms in total. The zero-order chi connectivity index (χ0) is 17.3. The molecular weight excluding hydrogens is 324 g/mol. The SMILES string of the molecule is CCc1cc(C(=O)N2CC(C)C(CNC(=O)C3(SC)CC3)C2)n[nH]1. The number of amides is 2. The summed E-state index contributed by atoms with van der Waals surface area (Å²) in [5.74, 6) is 0.824. The third-order valence-electron chi connectivity index (χ3n) is 5.32. The van der Waals surface area contributed by atoms with Crippen molar-refractivity contribution in [1.29, 1.82) is 0 Å². The molecule has 2 N–H and O–H groups in total. The number of hydrogen-bond donors (Lipinski definition) is 2. The molecular formula is C17H26N4O2S. The summed E-state index contributed by atoms with van der Waals surface area (Å²) in [6, 6.07) is 1.83. The molecule has 3 rings (SSSR count). The number of nitrogens with zero attached hydrogens (tertiary/aromatic N) is 2. The number of aromatic nitrogens is 2. The van der Waals surface area contributed by atoms with Crippen LogP contribution in [0.15, 0.2) is 6.07 Å². The van der Waals surface area contributed by atoms with Crippen molar-refractivity contribution in [2.24, 2.45) is 11.8 Å². The van der Waals surface area contributed by atoms with E-state index in [-0.39, 0.29) is 16.6 Å². The second kappa shape index (κ2) is 6.78. The van der Waals surface area contributed by atoms with Gasteiger partial charge in [0.1, 0.15) is 5.69 Å². The number of thioether (sulfide) groups is 1. The van der Waals surface area contributed by atoms with E-state index in [9.17, 15) is 9.59 Å². The molecule has 1 aliphatic heterocycles. The Kier molecular flexibility index (Phi) is 4.90. The van der Waals surface area contributed by atoms with Crippen LogP contribution in [-0.2, 0) is 11.2 Å². The van der Waals surface area contributed by atoms with Crippen LogP contribution < -0.4 is 5.32 Å². The summed E-state index contributed by atoms with van der Waals surface area (Å²) < 4.78 is -0.178. The highest BCUT2D eigenvalue weighted by atomic mass is 32.2. The third kappa shape index (κ3) is 3.31. The van der Waals surface area contributed by atoms with Crippen molar-refractivity contribution in [3.05, 3.63) is 17.5 Å². The Morgan fingerprint density at radius 1 is 1.46 bits per heavy atom. The predicted molar refractivity (Wildman–Crippen MR) is 95.0 cm³/mol. The number of aromatic amines is 1. The van der Waals surface area contributed by atoms with Crippen molar-refractivity contribution in [3.8, 4) is 0 Å².